The zero-order valence-corrected chi connectivity index (χ0v) is 16.6. The molecule has 0 saturated heterocycles. The second-order valence-corrected chi connectivity index (χ2v) is 8.33. The van der Waals surface area contributed by atoms with Crippen LogP contribution in [0.25, 0.3) is 10.2 Å². The highest BCUT2D eigenvalue weighted by Gasteiger charge is 2.23. The van der Waals surface area contributed by atoms with E-state index in [0.717, 1.165) is 29.7 Å². The Morgan fingerprint density at radius 3 is 3.07 bits per heavy atom. The van der Waals surface area contributed by atoms with Gasteiger partial charge in [0.1, 0.15) is 22.9 Å². The first kappa shape index (κ1) is 19.1. The van der Waals surface area contributed by atoms with Crippen molar-refractivity contribution < 1.29 is 15.0 Å². The van der Waals surface area contributed by atoms with Gasteiger partial charge in [0.15, 0.2) is 0 Å². The number of hydrogen-bond acceptors (Lipinski definition) is 7. The number of aryl methyl sites for hydroxylation is 1. The molecule has 1 aromatic carbocycles. The Balaban J connectivity index is 1.50. The Morgan fingerprint density at radius 2 is 2.28 bits per heavy atom. The van der Waals surface area contributed by atoms with Crippen molar-refractivity contribution in [1.29, 1.82) is 0 Å². The van der Waals surface area contributed by atoms with Crippen molar-refractivity contribution in [1.82, 2.24) is 15.0 Å². The van der Waals surface area contributed by atoms with Crippen molar-refractivity contribution in [3.8, 4) is 11.5 Å². The van der Waals surface area contributed by atoms with Crippen LogP contribution in [-0.4, -0.2) is 31.9 Å². The van der Waals surface area contributed by atoms with Gasteiger partial charge < -0.3 is 10.2 Å². The van der Waals surface area contributed by atoms with Gasteiger partial charge in [0.05, 0.1) is 17.9 Å². The maximum Gasteiger partial charge on any atom is 0.262 e. The molecule has 1 amide bonds. The zero-order chi connectivity index (χ0) is 20.5. The first-order valence-electron chi connectivity index (χ1n) is 9.26. The molecule has 4 rings (SSSR count). The van der Waals surface area contributed by atoms with E-state index in [9.17, 15) is 19.8 Å². The minimum Gasteiger partial charge on any atom is -0.508 e. The van der Waals surface area contributed by atoms with E-state index in [2.05, 4.69) is 22.4 Å². The number of nitrogens with zero attached hydrogens (tertiary/aromatic N) is 3. The highest BCUT2D eigenvalue weighted by atomic mass is 32.1. The van der Waals surface area contributed by atoms with Gasteiger partial charge in [-0.15, -0.1) is 11.3 Å². The summed E-state index contributed by atoms with van der Waals surface area (Å²) in [5.41, 5.74) is 3.54. The minimum atomic E-state index is -0.486. The predicted octanol–water partition coefficient (Wildman–Crippen LogP) is 2.14. The van der Waals surface area contributed by atoms with E-state index in [4.69, 9.17) is 0 Å². The third-order valence-corrected chi connectivity index (χ3v) is 6.17. The summed E-state index contributed by atoms with van der Waals surface area (Å²) in [7, 11) is 0. The number of carbonyl (C=O) groups excluding carboxylic acids is 1. The maximum atomic E-state index is 12.9. The quantitative estimate of drug-likeness (QED) is 0.448. The minimum absolute atomic E-state index is 0.0731. The molecule has 0 fully saturated rings. The molecule has 8 nitrogen and oxygen atoms in total. The highest BCUT2D eigenvalue weighted by Crippen LogP contribution is 2.35. The lowest BCUT2D eigenvalue weighted by Gasteiger charge is -2.17. The molecule has 0 spiro atoms. The van der Waals surface area contributed by atoms with Crippen LogP contribution >= 0.6 is 11.3 Å². The Kier molecular flexibility index (Phi) is 5.06. The summed E-state index contributed by atoms with van der Waals surface area (Å²) in [6, 6.07) is 4.03. The predicted molar refractivity (Wildman–Crippen MR) is 111 cm³/mol. The largest absolute Gasteiger partial charge is 0.508 e. The van der Waals surface area contributed by atoms with Crippen molar-refractivity contribution in [2.75, 3.05) is 0 Å². The molecule has 1 aliphatic carbocycles. The fourth-order valence-corrected chi connectivity index (χ4v) is 4.82. The third-order valence-electron chi connectivity index (χ3n) is 5.00. The number of rotatable bonds is 4. The van der Waals surface area contributed by atoms with E-state index < -0.39 is 5.91 Å². The molecule has 1 aliphatic rings. The molecular weight excluding hydrogens is 392 g/mol. The van der Waals surface area contributed by atoms with Crippen LogP contribution in [0.3, 0.4) is 0 Å². The molecule has 150 valence electrons. The van der Waals surface area contributed by atoms with Gasteiger partial charge in [-0.1, -0.05) is 6.92 Å². The summed E-state index contributed by atoms with van der Waals surface area (Å²) in [4.78, 5) is 31.4. The van der Waals surface area contributed by atoms with E-state index in [1.165, 1.54) is 40.2 Å². The number of carbonyl (C=O) groups is 1. The van der Waals surface area contributed by atoms with E-state index in [1.807, 2.05) is 0 Å². The van der Waals surface area contributed by atoms with Crippen molar-refractivity contribution in [2.45, 2.75) is 32.7 Å². The number of benzene rings is 1. The fourth-order valence-electron chi connectivity index (χ4n) is 3.48. The third kappa shape index (κ3) is 3.86. The highest BCUT2D eigenvalue weighted by molar-refractivity contribution is 7.18. The normalized spacial score (nSPS) is 16.2. The van der Waals surface area contributed by atoms with E-state index in [1.54, 1.807) is 11.3 Å². The second kappa shape index (κ2) is 7.67. The molecule has 0 unspecified atom stereocenters. The molecule has 1 atom stereocenters. The van der Waals surface area contributed by atoms with Gasteiger partial charge in [0.25, 0.3) is 11.5 Å². The first-order valence-corrected chi connectivity index (χ1v) is 10.1. The van der Waals surface area contributed by atoms with Crippen molar-refractivity contribution in [3.05, 3.63) is 50.9 Å². The van der Waals surface area contributed by atoms with Crippen LogP contribution < -0.4 is 11.0 Å². The number of amides is 1. The Labute approximate surface area is 170 Å². The number of fused-ring (bicyclic) bond motifs is 3. The SMILES string of the molecule is C[C@H]1CCc2c(sc3ncn(CC(=O)N/N=C/c4ccc(O)cc4O)c(=O)c23)C1. The summed E-state index contributed by atoms with van der Waals surface area (Å²) in [5.74, 6) is -0.114. The van der Waals surface area contributed by atoms with Crippen LogP contribution in [0.15, 0.2) is 34.4 Å². The number of aromatic hydroxyl groups is 2. The van der Waals surface area contributed by atoms with Crippen LogP contribution in [0.4, 0.5) is 0 Å². The molecule has 2 heterocycles. The fraction of sp³-hybridized carbons (Fsp3) is 0.300. The van der Waals surface area contributed by atoms with Gasteiger partial charge >= 0.3 is 0 Å². The van der Waals surface area contributed by atoms with E-state index in [0.29, 0.717) is 16.9 Å². The monoisotopic (exact) mass is 412 g/mol. The standard InChI is InChI=1S/C20H20N4O4S/c1-11-2-5-14-16(6-11)29-19-18(14)20(28)24(10-21-19)9-17(27)23-22-8-12-3-4-13(25)7-15(12)26/h3-4,7-8,10-11,25-26H,2,5-6,9H2,1H3,(H,23,27)/b22-8+/t11-/m0/s1. The van der Waals surface area contributed by atoms with Gasteiger partial charge in [-0.2, -0.15) is 5.10 Å². The van der Waals surface area contributed by atoms with Gasteiger partial charge in [0, 0.05) is 16.5 Å². The number of hydrogen-bond donors (Lipinski definition) is 3. The van der Waals surface area contributed by atoms with Crippen LogP contribution in [-0.2, 0) is 24.2 Å². The second-order valence-electron chi connectivity index (χ2n) is 7.25. The Hall–Kier alpha value is -3.20. The lowest BCUT2D eigenvalue weighted by Crippen LogP contribution is -2.30. The number of nitrogens with one attached hydrogen (secondary N) is 1. The molecule has 29 heavy (non-hydrogen) atoms. The van der Waals surface area contributed by atoms with Gasteiger partial charge in [-0.05, 0) is 42.9 Å². The molecule has 0 radical (unpaired) electrons. The van der Waals surface area contributed by atoms with Crippen molar-refractivity contribution >= 4 is 33.7 Å². The number of thiophene rings is 1. The van der Waals surface area contributed by atoms with Crippen LogP contribution in [0, 0.1) is 5.92 Å². The first-order chi connectivity index (χ1) is 13.9. The van der Waals surface area contributed by atoms with E-state index in [-0.39, 0.29) is 23.6 Å². The maximum absolute atomic E-state index is 12.9. The average molecular weight is 412 g/mol. The Morgan fingerprint density at radius 1 is 1.45 bits per heavy atom. The van der Waals surface area contributed by atoms with Crippen LogP contribution in [0.2, 0.25) is 0 Å². The molecule has 0 bridgehead atoms. The molecule has 0 aliphatic heterocycles. The molecule has 2 aromatic heterocycles. The van der Waals surface area contributed by atoms with Gasteiger partial charge in [-0.25, -0.2) is 10.4 Å². The molecule has 3 aromatic rings. The van der Waals surface area contributed by atoms with Crippen molar-refractivity contribution in [3.63, 3.8) is 0 Å². The lowest BCUT2D eigenvalue weighted by molar-refractivity contribution is -0.121. The summed E-state index contributed by atoms with van der Waals surface area (Å²) < 4.78 is 1.29. The molecule has 0 saturated carbocycles. The number of phenolic OH excluding ortho intramolecular Hbond substituents is 2. The number of hydrazone groups is 1. The smallest absolute Gasteiger partial charge is 0.262 e. The van der Waals surface area contributed by atoms with Crippen LogP contribution in [0.1, 0.15) is 29.3 Å². The zero-order valence-electron chi connectivity index (χ0n) is 15.8. The van der Waals surface area contributed by atoms with Crippen LogP contribution in [0.5, 0.6) is 11.5 Å². The average Bonchev–Trinajstić information content (AvgIpc) is 3.04. The summed E-state index contributed by atoms with van der Waals surface area (Å²) in [6.45, 7) is 2.00. The van der Waals surface area contributed by atoms with Gasteiger partial charge in [0.2, 0.25) is 0 Å². The van der Waals surface area contributed by atoms with Gasteiger partial charge in [-0.3, -0.25) is 14.2 Å². The summed E-state index contributed by atoms with van der Waals surface area (Å²) >= 11 is 1.57. The molecule has 3 N–H and O–H groups in total. The summed E-state index contributed by atoms with van der Waals surface area (Å²) in [6.07, 6.45) is 5.53. The molecule has 9 heteroatoms. The molecular formula is C20H20N4O4S. The van der Waals surface area contributed by atoms with Crippen molar-refractivity contribution in [2.24, 2.45) is 11.0 Å². The lowest BCUT2D eigenvalue weighted by atomic mass is 9.89. The summed E-state index contributed by atoms with van der Waals surface area (Å²) in [5, 5.41) is 23.4. The number of phenols is 2. The Bertz CT molecular complexity index is 1180. The number of aromatic nitrogens is 2. The topological polar surface area (TPSA) is 117 Å². The van der Waals surface area contributed by atoms with E-state index >= 15 is 0 Å².